The van der Waals surface area contributed by atoms with Crippen molar-refractivity contribution in [1.29, 1.82) is 0 Å². The summed E-state index contributed by atoms with van der Waals surface area (Å²) in [7, 11) is 0. The number of carbonyl (C=O) groups excluding carboxylic acids is 1. The summed E-state index contributed by atoms with van der Waals surface area (Å²) in [4.78, 5) is 15.1. The number of hydrogen-bond acceptors (Lipinski definition) is 1. The third-order valence-electron chi connectivity index (χ3n) is 3.56. The molecule has 1 amide bonds. The summed E-state index contributed by atoms with van der Waals surface area (Å²) in [5.74, 6) is 0.0702. The second-order valence-corrected chi connectivity index (χ2v) is 5.16. The Morgan fingerprint density at radius 1 is 1.00 bits per heavy atom. The van der Waals surface area contributed by atoms with Crippen LogP contribution >= 0.6 is 0 Å². The van der Waals surface area contributed by atoms with E-state index in [1.54, 1.807) is 0 Å². The van der Waals surface area contributed by atoms with Crippen LogP contribution in [-0.2, 0) is 17.6 Å². The zero-order valence-electron chi connectivity index (χ0n) is 11.8. The lowest BCUT2D eigenvalue weighted by molar-refractivity contribution is -0.120. The molecule has 3 nitrogen and oxygen atoms in total. The van der Waals surface area contributed by atoms with E-state index in [9.17, 15) is 4.79 Å². The molecule has 0 saturated heterocycles. The number of nitrogens with one attached hydrogen (secondary N) is 2. The van der Waals surface area contributed by atoms with Gasteiger partial charge in [0.25, 0.3) is 0 Å². The van der Waals surface area contributed by atoms with Gasteiger partial charge in [-0.3, -0.25) is 4.79 Å². The molecule has 0 aliphatic heterocycles. The van der Waals surface area contributed by atoms with Gasteiger partial charge in [-0.2, -0.15) is 0 Å². The number of fused-ring (bicyclic) bond motifs is 1. The van der Waals surface area contributed by atoms with Crippen LogP contribution in [0.2, 0.25) is 0 Å². The minimum Gasteiger partial charge on any atom is -0.361 e. The SMILES string of the molecule is O=C(Cc1ccc2[nH]ccc2c1)NCCc1ccccc1. The summed E-state index contributed by atoms with van der Waals surface area (Å²) in [5.41, 5.74) is 3.38. The summed E-state index contributed by atoms with van der Waals surface area (Å²) >= 11 is 0. The fourth-order valence-electron chi connectivity index (χ4n) is 2.45. The number of aromatic amines is 1. The van der Waals surface area contributed by atoms with Gasteiger partial charge in [0.15, 0.2) is 0 Å². The smallest absolute Gasteiger partial charge is 0.224 e. The van der Waals surface area contributed by atoms with Crippen molar-refractivity contribution in [2.75, 3.05) is 6.54 Å². The topological polar surface area (TPSA) is 44.9 Å². The maximum atomic E-state index is 12.0. The van der Waals surface area contributed by atoms with Crippen LogP contribution < -0.4 is 5.32 Å². The lowest BCUT2D eigenvalue weighted by Gasteiger charge is -2.06. The largest absolute Gasteiger partial charge is 0.361 e. The predicted molar refractivity (Wildman–Crippen MR) is 85.2 cm³/mol. The normalized spacial score (nSPS) is 10.7. The number of benzene rings is 2. The van der Waals surface area contributed by atoms with Crippen LogP contribution in [0.1, 0.15) is 11.1 Å². The number of aromatic nitrogens is 1. The first-order valence-corrected chi connectivity index (χ1v) is 7.18. The molecule has 0 fully saturated rings. The number of H-pyrrole nitrogens is 1. The van der Waals surface area contributed by atoms with E-state index in [2.05, 4.69) is 28.5 Å². The fraction of sp³-hybridized carbons (Fsp3) is 0.167. The standard InChI is InChI=1S/C18H18N2O/c21-18(20-10-8-14-4-2-1-3-5-14)13-15-6-7-17-16(12-15)9-11-19-17/h1-7,9,11-12,19H,8,10,13H2,(H,20,21). The van der Waals surface area contributed by atoms with Crippen molar-refractivity contribution in [3.63, 3.8) is 0 Å². The lowest BCUT2D eigenvalue weighted by Crippen LogP contribution is -2.27. The summed E-state index contributed by atoms with van der Waals surface area (Å²) in [6, 6.07) is 18.3. The third kappa shape index (κ3) is 3.51. The van der Waals surface area contributed by atoms with Crippen molar-refractivity contribution in [3.8, 4) is 0 Å². The molecule has 0 bridgehead atoms. The Morgan fingerprint density at radius 2 is 1.86 bits per heavy atom. The number of rotatable bonds is 5. The molecule has 3 aromatic rings. The molecule has 0 aliphatic rings. The summed E-state index contributed by atoms with van der Waals surface area (Å²) in [5, 5.41) is 4.12. The maximum Gasteiger partial charge on any atom is 0.224 e. The van der Waals surface area contributed by atoms with Crippen LogP contribution in [0.4, 0.5) is 0 Å². The van der Waals surface area contributed by atoms with Gasteiger partial charge in [0.1, 0.15) is 0 Å². The molecular formula is C18H18N2O. The fourth-order valence-corrected chi connectivity index (χ4v) is 2.45. The Bertz CT molecular complexity index is 731. The Labute approximate surface area is 124 Å². The highest BCUT2D eigenvalue weighted by atomic mass is 16.1. The first kappa shape index (κ1) is 13.4. The molecule has 2 N–H and O–H groups in total. The highest BCUT2D eigenvalue weighted by Crippen LogP contribution is 2.14. The summed E-state index contributed by atoms with van der Waals surface area (Å²) in [6.07, 6.45) is 3.20. The third-order valence-corrected chi connectivity index (χ3v) is 3.56. The zero-order valence-corrected chi connectivity index (χ0v) is 11.8. The highest BCUT2D eigenvalue weighted by Gasteiger charge is 2.04. The van der Waals surface area contributed by atoms with E-state index in [0.29, 0.717) is 13.0 Å². The average molecular weight is 278 g/mol. The molecule has 0 atom stereocenters. The van der Waals surface area contributed by atoms with Gasteiger partial charge in [-0.1, -0.05) is 36.4 Å². The van der Waals surface area contributed by atoms with E-state index >= 15 is 0 Å². The molecule has 0 unspecified atom stereocenters. The van der Waals surface area contributed by atoms with Crippen LogP contribution in [0.25, 0.3) is 10.9 Å². The minimum absolute atomic E-state index is 0.0702. The molecule has 1 aromatic heterocycles. The molecular weight excluding hydrogens is 260 g/mol. The van der Waals surface area contributed by atoms with Crippen molar-refractivity contribution >= 4 is 16.8 Å². The van der Waals surface area contributed by atoms with Crippen LogP contribution in [-0.4, -0.2) is 17.4 Å². The lowest BCUT2D eigenvalue weighted by atomic mass is 10.1. The van der Waals surface area contributed by atoms with Crippen molar-refractivity contribution in [2.45, 2.75) is 12.8 Å². The molecule has 0 saturated carbocycles. The van der Waals surface area contributed by atoms with Crippen LogP contribution in [0.15, 0.2) is 60.8 Å². The second kappa shape index (κ2) is 6.27. The highest BCUT2D eigenvalue weighted by molar-refractivity contribution is 5.83. The van der Waals surface area contributed by atoms with Gasteiger partial charge in [-0.15, -0.1) is 0 Å². The second-order valence-electron chi connectivity index (χ2n) is 5.16. The Kier molecular flexibility index (Phi) is 4.01. The van der Waals surface area contributed by atoms with Crippen LogP contribution in [0.3, 0.4) is 0 Å². The van der Waals surface area contributed by atoms with Crippen LogP contribution in [0, 0.1) is 0 Å². The maximum absolute atomic E-state index is 12.0. The van der Waals surface area contributed by atoms with E-state index in [1.807, 2.05) is 42.6 Å². The van der Waals surface area contributed by atoms with Gasteiger partial charge in [0.05, 0.1) is 6.42 Å². The Hall–Kier alpha value is -2.55. The van der Waals surface area contributed by atoms with Gasteiger partial charge in [0.2, 0.25) is 5.91 Å². The minimum atomic E-state index is 0.0702. The molecule has 0 radical (unpaired) electrons. The van der Waals surface area contributed by atoms with Crippen molar-refractivity contribution in [2.24, 2.45) is 0 Å². The molecule has 106 valence electrons. The molecule has 2 aromatic carbocycles. The number of amides is 1. The molecule has 0 aliphatic carbocycles. The zero-order chi connectivity index (χ0) is 14.5. The van der Waals surface area contributed by atoms with Crippen LogP contribution in [0.5, 0.6) is 0 Å². The van der Waals surface area contributed by atoms with E-state index in [0.717, 1.165) is 22.9 Å². The van der Waals surface area contributed by atoms with Crippen molar-refractivity contribution < 1.29 is 4.79 Å². The van der Waals surface area contributed by atoms with Gasteiger partial charge >= 0.3 is 0 Å². The van der Waals surface area contributed by atoms with Gasteiger partial charge in [-0.05, 0) is 41.1 Å². The van der Waals surface area contributed by atoms with E-state index in [-0.39, 0.29) is 5.91 Å². The predicted octanol–water partition coefficient (Wildman–Crippen LogP) is 3.07. The molecule has 0 spiro atoms. The van der Waals surface area contributed by atoms with Gasteiger partial charge in [-0.25, -0.2) is 0 Å². The summed E-state index contributed by atoms with van der Waals surface area (Å²) < 4.78 is 0. The molecule has 3 heteroatoms. The molecule has 1 heterocycles. The number of hydrogen-bond donors (Lipinski definition) is 2. The van der Waals surface area contributed by atoms with Crippen molar-refractivity contribution in [1.82, 2.24) is 10.3 Å². The monoisotopic (exact) mass is 278 g/mol. The Balaban J connectivity index is 1.51. The van der Waals surface area contributed by atoms with Gasteiger partial charge in [0, 0.05) is 18.3 Å². The van der Waals surface area contributed by atoms with Gasteiger partial charge < -0.3 is 10.3 Å². The number of carbonyl (C=O) groups is 1. The molecule has 3 rings (SSSR count). The first-order chi connectivity index (χ1) is 10.3. The van der Waals surface area contributed by atoms with E-state index < -0.39 is 0 Å². The Morgan fingerprint density at radius 3 is 2.71 bits per heavy atom. The molecule has 21 heavy (non-hydrogen) atoms. The first-order valence-electron chi connectivity index (χ1n) is 7.18. The van der Waals surface area contributed by atoms with Crippen molar-refractivity contribution in [3.05, 3.63) is 71.9 Å². The van der Waals surface area contributed by atoms with E-state index in [1.165, 1.54) is 5.56 Å². The summed E-state index contributed by atoms with van der Waals surface area (Å²) in [6.45, 7) is 0.676. The average Bonchev–Trinajstić information content (AvgIpc) is 2.96. The quantitative estimate of drug-likeness (QED) is 0.740. The van der Waals surface area contributed by atoms with E-state index in [4.69, 9.17) is 0 Å².